The minimum absolute atomic E-state index is 0.115. The summed E-state index contributed by atoms with van der Waals surface area (Å²) >= 11 is 3.29. The molecule has 1 aromatic carbocycles. The zero-order valence-corrected chi connectivity index (χ0v) is 12.3. The third kappa shape index (κ3) is 2.77. The Hall–Kier alpha value is -0.430. The number of hydrogen-bond acceptors (Lipinski definition) is 3. The Bertz CT molecular complexity index is 501. The van der Waals surface area contributed by atoms with Crippen molar-refractivity contribution in [2.24, 2.45) is 0 Å². The highest BCUT2D eigenvalue weighted by Gasteiger charge is 2.32. The molecule has 2 rings (SSSR count). The number of sulfonamides is 1. The highest BCUT2D eigenvalue weighted by atomic mass is 79.9. The standard InChI is InChI=1S/C12H16BrNO3S/c13-10-4-6-12(7-5-10)18(16,17)14-8-2-1-3-11(14)9-15/h4-7,11,15H,1-3,8-9H2. The van der Waals surface area contributed by atoms with Gasteiger partial charge in [0.25, 0.3) is 0 Å². The Labute approximate surface area is 116 Å². The second-order valence-electron chi connectivity index (χ2n) is 4.40. The first kappa shape index (κ1) is 14.0. The van der Waals surface area contributed by atoms with Crippen LogP contribution in [0.4, 0.5) is 0 Å². The van der Waals surface area contributed by atoms with E-state index in [0.717, 1.165) is 23.7 Å². The lowest BCUT2D eigenvalue weighted by Gasteiger charge is -2.33. The Morgan fingerprint density at radius 2 is 1.94 bits per heavy atom. The molecule has 0 radical (unpaired) electrons. The predicted molar refractivity (Wildman–Crippen MR) is 72.8 cm³/mol. The minimum atomic E-state index is -3.49. The van der Waals surface area contributed by atoms with Gasteiger partial charge < -0.3 is 5.11 Å². The topological polar surface area (TPSA) is 57.6 Å². The van der Waals surface area contributed by atoms with E-state index >= 15 is 0 Å². The second-order valence-corrected chi connectivity index (χ2v) is 7.21. The van der Waals surface area contributed by atoms with E-state index in [0.29, 0.717) is 6.54 Å². The summed E-state index contributed by atoms with van der Waals surface area (Å²) in [5.74, 6) is 0. The molecule has 1 fully saturated rings. The summed E-state index contributed by atoms with van der Waals surface area (Å²) in [6.45, 7) is 0.374. The quantitative estimate of drug-likeness (QED) is 0.920. The first-order valence-corrected chi connectivity index (χ1v) is 8.17. The molecule has 0 spiro atoms. The Balaban J connectivity index is 2.32. The first-order chi connectivity index (χ1) is 8.55. The summed E-state index contributed by atoms with van der Waals surface area (Å²) in [5.41, 5.74) is 0. The van der Waals surface area contributed by atoms with Gasteiger partial charge in [0.05, 0.1) is 11.5 Å². The van der Waals surface area contributed by atoms with Gasteiger partial charge in [-0.25, -0.2) is 8.42 Å². The highest BCUT2D eigenvalue weighted by Crippen LogP contribution is 2.25. The van der Waals surface area contributed by atoms with E-state index in [1.807, 2.05) is 0 Å². The molecule has 0 saturated carbocycles. The molecule has 100 valence electrons. The zero-order valence-electron chi connectivity index (χ0n) is 9.92. The van der Waals surface area contributed by atoms with Crippen LogP contribution < -0.4 is 0 Å². The molecule has 1 aromatic rings. The number of aliphatic hydroxyl groups is 1. The minimum Gasteiger partial charge on any atom is -0.395 e. The van der Waals surface area contributed by atoms with E-state index in [1.165, 1.54) is 4.31 Å². The lowest BCUT2D eigenvalue weighted by molar-refractivity contribution is 0.155. The van der Waals surface area contributed by atoms with Crippen LogP contribution in [-0.4, -0.2) is 37.0 Å². The Morgan fingerprint density at radius 3 is 2.56 bits per heavy atom. The van der Waals surface area contributed by atoms with E-state index in [9.17, 15) is 13.5 Å². The van der Waals surface area contributed by atoms with Gasteiger partial charge in [-0.05, 0) is 37.1 Å². The molecule has 1 aliphatic heterocycles. The van der Waals surface area contributed by atoms with Crippen molar-refractivity contribution in [3.05, 3.63) is 28.7 Å². The lowest BCUT2D eigenvalue weighted by Crippen LogP contribution is -2.45. The molecule has 0 amide bonds. The van der Waals surface area contributed by atoms with Crippen molar-refractivity contribution in [2.75, 3.05) is 13.2 Å². The first-order valence-electron chi connectivity index (χ1n) is 5.94. The summed E-state index contributed by atoms with van der Waals surface area (Å²) in [5, 5.41) is 9.30. The second kappa shape index (κ2) is 5.69. The maximum atomic E-state index is 12.5. The van der Waals surface area contributed by atoms with E-state index in [2.05, 4.69) is 15.9 Å². The normalized spacial score (nSPS) is 22.0. The summed E-state index contributed by atoms with van der Waals surface area (Å²) < 4.78 is 27.2. The summed E-state index contributed by atoms with van der Waals surface area (Å²) in [6.07, 6.45) is 2.55. The van der Waals surface area contributed by atoms with Crippen LogP contribution in [0.1, 0.15) is 19.3 Å². The SMILES string of the molecule is O=S(=O)(c1ccc(Br)cc1)N1CCCCC1CO. The average Bonchev–Trinajstić information content (AvgIpc) is 2.39. The van der Waals surface area contributed by atoms with Crippen molar-refractivity contribution in [3.8, 4) is 0 Å². The van der Waals surface area contributed by atoms with Crippen molar-refractivity contribution in [1.82, 2.24) is 4.31 Å². The van der Waals surface area contributed by atoms with Crippen LogP contribution in [0.2, 0.25) is 0 Å². The number of aliphatic hydroxyl groups excluding tert-OH is 1. The molecule has 0 aromatic heterocycles. The Morgan fingerprint density at radius 1 is 1.28 bits per heavy atom. The van der Waals surface area contributed by atoms with Crippen LogP contribution in [0, 0.1) is 0 Å². The van der Waals surface area contributed by atoms with Crippen LogP contribution in [0.5, 0.6) is 0 Å². The molecule has 1 heterocycles. The monoisotopic (exact) mass is 333 g/mol. The van der Waals surface area contributed by atoms with Crippen molar-refractivity contribution >= 4 is 26.0 Å². The fourth-order valence-electron chi connectivity index (χ4n) is 2.21. The van der Waals surface area contributed by atoms with E-state index in [4.69, 9.17) is 0 Å². The highest BCUT2D eigenvalue weighted by molar-refractivity contribution is 9.10. The molecular weight excluding hydrogens is 318 g/mol. The van der Waals surface area contributed by atoms with Crippen LogP contribution in [0.15, 0.2) is 33.6 Å². The van der Waals surface area contributed by atoms with Crippen molar-refractivity contribution in [2.45, 2.75) is 30.2 Å². The largest absolute Gasteiger partial charge is 0.395 e. The van der Waals surface area contributed by atoms with Gasteiger partial charge in [-0.3, -0.25) is 0 Å². The smallest absolute Gasteiger partial charge is 0.243 e. The number of hydrogen-bond donors (Lipinski definition) is 1. The summed E-state index contributed by atoms with van der Waals surface area (Å²) in [4.78, 5) is 0.283. The molecule has 18 heavy (non-hydrogen) atoms. The number of halogens is 1. The molecule has 1 N–H and O–H groups in total. The van der Waals surface area contributed by atoms with Gasteiger partial charge in [0.1, 0.15) is 0 Å². The van der Waals surface area contributed by atoms with Gasteiger partial charge in [0.15, 0.2) is 0 Å². The molecule has 1 unspecified atom stereocenters. The zero-order chi connectivity index (χ0) is 13.2. The third-order valence-corrected chi connectivity index (χ3v) is 5.70. The average molecular weight is 334 g/mol. The van der Waals surface area contributed by atoms with E-state index < -0.39 is 10.0 Å². The lowest BCUT2D eigenvalue weighted by atomic mass is 10.1. The number of benzene rings is 1. The fraction of sp³-hybridized carbons (Fsp3) is 0.500. The molecule has 1 aliphatic rings. The molecule has 0 aliphatic carbocycles. The maximum Gasteiger partial charge on any atom is 0.243 e. The summed E-state index contributed by atoms with van der Waals surface area (Å²) in [6, 6.07) is 6.31. The summed E-state index contributed by atoms with van der Waals surface area (Å²) in [7, 11) is -3.49. The van der Waals surface area contributed by atoms with Crippen LogP contribution in [0.3, 0.4) is 0 Å². The molecule has 4 nitrogen and oxygen atoms in total. The molecule has 0 bridgehead atoms. The number of rotatable bonds is 3. The number of piperidine rings is 1. The van der Waals surface area contributed by atoms with Crippen LogP contribution in [0.25, 0.3) is 0 Å². The van der Waals surface area contributed by atoms with Crippen LogP contribution >= 0.6 is 15.9 Å². The van der Waals surface area contributed by atoms with Crippen LogP contribution in [-0.2, 0) is 10.0 Å². The fourth-order valence-corrected chi connectivity index (χ4v) is 4.16. The molecule has 6 heteroatoms. The van der Waals surface area contributed by atoms with Gasteiger partial charge in [0, 0.05) is 17.1 Å². The van der Waals surface area contributed by atoms with E-state index in [1.54, 1.807) is 24.3 Å². The van der Waals surface area contributed by atoms with Gasteiger partial charge in [-0.1, -0.05) is 22.4 Å². The van der Waals surface area contributed by atoms with Crippen molar-refractivity contribution in [3.63, 3.8) is 0 Å². The van der Waals surface area contributed by atoms with Gasteiger partial charge in [-0.2, -0.15) is 4.31 Å². The third-order valence-electron chi connectivity index (χ3n) is 3.20. The van der Waals surface area contributed by atoms with Gasteiger partial charge >= 0.3 is 0 Å². The molecule has 1 saturated heterocycles. The molecular formula is C12H16BrNO3S. The number of nitrogens with zero attached hydrogens (tertiary/aromatic N) is 1. The Kier molecular flexibility index (Phi) is 4.42. The van der Waals surface area contributed by atoms with E-state index in [-0.39, 0.29) is 17.5 Å². The van der Waals surface area contributed by atoms with Gasteiger partial charge in [0.2, 0.25) is 10.0 Å². The van der Waals surface area contributed by atoms with Gasteiger partial charge in [-0.15, -0.1) is 0 Å². The maximum absolute atomic E-state index is 12.5. The van der Waals surface area contributed by atoms with Crippen molar-refractivity contribution < 1.29 is 13.5 Å². The predicted octanol–water partition coefficient (Wildman–Crippen LogP) is 1.98. The van der Waals surface area contributed by atoms with Crippen molar-refractivity contribution in [1.29, 1.82) is 0 Å². The molecule has 1 atom stereocenters.